The van der Waals surface area contributed by atoms with E-state index in [-0.39, 0.29) is 5.56 Å². The Kier molecular flexibility index (Phi) is 4.52. The van der Waals surface area contributed by atoms with Gasteiger partial charge in [-0.1, -0.05) is 0 Å². The third kappa shape index (κ3) is 3.53. The second-order valence-corrected chi connectivity index (χ2v) is 2.67. The van der Waals surface area contributed by atoms with Crippen LogP contribution in [0.3, 0.4) is 0 Å². The van der Waals surface area contributed by atoms with E-state index in [1.807, 2.05) is 0 Å². The van der Waals surface area contributed by atoms with Crippen LogP contribution in [-0.2, 0) is 4.74 Å². The molecule has 0 atom stereocenters. The van der Waals surface area contributed by atoms with E-state index < -0.39 is 5.91 Å². The highest BCUT2D eigenvalue weighted by atomic mass is 16.5. The lowest BCUT2D eigenvalue weighted by atomic mass is 10.3. The first-order chi connectivity index (χ1) is 7.27. The zero-order chi connectivity index (χ0) is 11.1. The molecule has 0 fully saturated rings. The Balaban J connectivity index is 2.52. The van der Waals surface area contributed by atoms with Gasteiger partial charge >= 0.3 is 0 Å². The molecule has 0 saturated heterocycles. The van der Waals surface area contributed by atoms with Crippen LogP contribution in [-0.4, -0.2) is 36.4 Å². The number of methoxy groups -OCH3 is 1. The number of hydrogen-bond acceptors (Lipinski definition) is 5. The molecule has 6 nitrogen and oxygen atoms in total. The zero-order valence-electron chi connectivity index (χ0n) is 8.27. The van der Waals surface area contributed by atoms with E-state index in [0.717, 1.165) is 0 Å². The molecule has 1 amide bonds. The largest absolute Gasteiger partial charge is 0.475 e. The SMILES string of the molecule is COCCOc1ccc(C(=O)NO)cn1. The fourth-order valence-corrected chi connectivity index (χ4v) is 0.894. The van der Waals surface area contributed by atoms with Gasteiger partial charge in [0.05, 0.1) is 12.2 Å². The fourth-order valence-electron chi connectivity index (χ4n) is 0.894. The summed E-state index contributed by atoms with van der Waals surface area (Å²) >= 11 is 0. The van der Waals surface area contributed by atoms with Crippen molar-refractivity contribution in [3.63, 3.8) is 0 Å². The zero-order valence-corrected chi connectivity index (χ0v) is 8.27. The van der Waals surface area contributed by atoms with Crippen LogP contribution < -0.4 is 10.2 Å². The van der Waals surface area contributed by atoms with Gasteiger partial charge in [0.25, 0.3) is 5.91 Å². The smallest absolute Gasteiger partial charge is 0.276 e. The average Bonchev–Trinajstić information content (AvgIpc) is 2.29. The van der Waals surface area contributed by atoms with E-state index in [1.165, 1.54) is 17.7 Å². The molecule has 0 aliphatic carbocycles. The fraction of sp³-hybridized carbons (Fsp3) is 0.333. The lowest BCUT2D eigenvalue weighted by molar-refractivity contribution is 0.0705. The van der Waals surface area contributed by atoms with Crippen LogP contribution in [0.1, 0.15) is 10.4 Å². The minimum atomic E-state index is -0.606. The van der Waals surface area contributed by atoms with Crippen molar-refractivity contribution >= 4 is 5.91 Å². The van der Waals surface area contributed by atoms with E-state index >= 15 is 0 Å². The molecule has 0 saturated carbocycles. The molecule has 1 heterocycles. The van der Waals surface area contributed by atoms with Crippen molar-refractivity contribution in [2.75, 3.05) is 20.3 Å². The van der Waals surface area contributed by atoms with Crippen LogP contribution in [0, 0.1) is 0 Å². The Morgan fingerprint density at radius 1 is 1.53 bits per heavy atom. The molecular formula is C9H12N2O4. The number of amides is 1. The molecular weight excluding hydrogens is 200 g/mol. The summed E-state index contributed by atoms with van der Waals surface area (Å²) in [5, 5.41) is 8.36. The number of pyridine rings is 1. The molecule has 0 aliphatic rings. The van der Waals surface area contributed by atoms with E-state index in [1.54, 1.807) is 13.2 Å². The summed E-state index contributed by atoms with van der Waals surface area (Å²) in [6.07, 6.45) is 1.31. The monoisotopic (exact) mass is 212 g/mol. The van der Waals surface area contributed by atoms with Crippen molar-refractivity contribution in [2.45, 2.75) is 0 Å². The van der Waals surface area contributed by atoms with Gasteiger partial charge < -0.3 is 9.47 Å². The minimum absolute atomic E-state index is 0.261. The van der Waals surface area contributed by atoms with E-state index in [9.17, 15) is 4.79 Å². The molecule has 6 heteroatoms. The maximum absolute atomic E-state index is 10.9. The van der Waals surface area contributed by atoms with Gasteiger partial charge in [0.1, 0.15) is 6.61 Å². The summed E-state index contributed by atoms with van der Waals surface area (Å²) in [6, 6.07) is 3.04. The Morgan fingerprint density at radius 2 is 2.33 bits per heavy atom. The van der Waals surface area contributed by atoms with Crippen LogP contribution in [0.15, 0.2) is 18.3 Å². The highest BCUT2D eigenvalue weighted by Crippen LogP contribution is 2.07. The summed E-state index contributed by atoms with van der Waals surface area (Å²) in [5.74, 6) is -0.201. The van der Waals surface area contributed by atoms with E-state index in [4.69, 9.17) is 14.7 Å². The van der Waals surface area contributed by atoms with Crippen molar-refractivity contribution in [3.8, 4) is 5.88 Å². The average molecular weight is 212 g/mol. The summed E-state index contributed by atoms with van der Waals surface area (Å²) in [4.78, 5) is 14.8. The second-order valence-electron chi connectivity index (χ2n) is 2.67. The summed E-state index contributed by atoms with van der Waals surface area (Å²) in [7, 11) is 1.57. The van der Waals surface area contributed by atoms with Gasteiger partial charge in [0, 0.05) is 19.4 Å². The lowest BCUT2D eigenvalue weighted by Crippen LogP contribution is -2.18. The van der Waals surface area contributed by atoms with Crippen molar-refractivity contribution in [2.24, 2.45) is 0 Å². The molecule has 0 radical (unpaired) electrons. The van der Waals surface area contributed by atoms with Gasteiger partial charge in [-0.3, -0.25) is 10.0 Å². The quantitative estimate of drug-likeness (QED) is 0.414. The Bertz CT molecular complexity index is 312. The maximum atomic E-state index is 10.9. The summed E-state index contributed by atoms with van der Waals surface area (Å²) < 4.78 is 9.98. The molecule has 0 unspecified atom stereocenters. The third-order valence-corrected chi connectivity index (χ3v) is 1.64. The molecule has 15 heavy (non-hydrogen) atoms. The lowest BCUT2D eigenvalue weighted by Gasteiger charge is -2.04. The molecule has 0 aromatic carbocycles. The summed E-state index contributed by atoms with van der Waals surface area (Å²) in [6.45, 7) is 0.871. The molecule has 1 rings (SSSR count). The minimum Gasteiger partial charge on any atom is -0.475 e. The van der Waals surface area contributed by atoms with Crippen LogP contribution in [0.4, 0.5) is 0 Å². The van der Waals surface area contributed by atoms with Crippen molar-refractivity contribution in [3.05, 3.63) is 23.9 Å². The highest BCUT2D eigenvalue weighted by Gasteiger charge is 2.04. The molecule has 2 N–H and O–H groups in total. The maximum Gasteiger partial charge on any atom is 0.276 e. The number of nitrogens with one attached hydrogen (secondary N) is 1. The van der Waals surface area contributed by atoms with Gasteiger partial charge in [0.15, 0.2) is 0 Å². The number of ether oxygens (including phenoxy) is 2. The van der Waals surface area contributed by atoms with Gasteiger partial charge in [-0.05, 0) is 6.07 Å². The van der Waals surface area contributed by atoms with Crippen molar-refractivity contribution < 1.29 is 19.5 Å². The number of hydroxylamine groups is 1. The molecule has 0 aliphatic heterocycles. The first-order valence-corrected chi connectivity index (χ1v) is 4.30. The molecule has 0 spiro atoms. The Labute approximate surface area is 86.8 Å². The number of carbonyl (C=O) groups excluding carboxylic acids is 1. The Morgan fingerprint density at radius 3 is 2.87 bits per heavy atom. The van der Waals surface area contributed by atoms with Gasteiger partial charge in [-0.15, -0.1) is 0 Å². The van der Waals surface area contributed by atoms with Crippen LogP contribution in [0.25, 0.3) is 0 Å². The van der Waals surface area contributed by atoms with Gasteiger partial charge in [-0.2, -0.15) is 0 Å². The van der Waals surface area contributed by atoms with Crippen LogP contribution >= 0.6 is 0 Å². The standard InChI is InChI=1S/C9H12N2O4/c1-14-4-5-15-8-3-2-7(6-10-8)9(12)11-13/h2-3,6,13H,4-5H2,1H3,(H,11,12). The van der Waals surface area contributed by atoms with Crippen LogP contribution in [0.2, 0.25) is 0 Å². The molecule has 0 bridgehead atoms. The topological polar surface area (TPSA) is 80.7 Å². The van der Waals surface area contributed by atoms with Crippen molar-refractivity contribution in [1.29, 1.82) is 0 Å². The molecule has 1 aromatic rings. The molecule has 1 aromatic heterocycles. The number of aromatic nitrogens is 1. The predicted octanol–water partition coefficient (Wildman–Crippen LogP) is 0.226. The predicted molar refractivity (Wildman–Crippen MR) is 50.9 cm³/mol. The normalized spacial score (nSPS) is 9.73. The van der Waals surface area contributed by atoms with E-state index in [2.05, 4.69) is 4.98 Å². The van der Waals surface area contributed by atoms with E-state index in [0.29, 0.717) is 19.1 Å². The Hall–Kier alpha value is -1.66. The highest BCUT2D eigenvalue weighted by molar-refractivity contribution is 5.92. The van der Waals surface area contributed by atoms with Gasteiger partial charge in [0.2, 0.25) is 5.88 Å². The number of nitrogens with zero attached hydrogens (tertiary/aromatic N) is 1. The number of carbonyl (C=O) groups is 1. The molecule has 82 valence electrons. The second kappa shape index (κ2) is 5.94. The third-order valence-electron chi connectivity index (χ3n) is 1.64. The van der Waals surface area contributed by atoms with Crippen LogP contribution in [0.5, 0.6) is 5.88 Å². The number of rotatable bonds is 5. The first-order valence-electron chi connectivity index (χ1n) is 4.30. The van der Waals surface area contributed by atoms with Gasteiger partial charge in [-0.25, -0.2) is 10.5 Å². The number of hydrogen-bond donors (Lipinski definition) is 2. The van der Waals surface area contributed by atoms with Crippen molar-refractivity contribution in [1.82, 2.24) is 10.5 Å². The first kappa shape index (κ1) is 11.4. The summed E-state index contributed by atoms with van der Waals surface area (Å²) in [5.41, 5.74) is 1.77.